The molecule has 2 rings (SSSR count). The highest BCUT2D eigenvalue weighted by Gasteiger charge is 2.45. The van der Waals surface area contributed by atoms with Gasteiger partial charge in [-0.2, -0.15) is 11.8 Å². The Hall–Kier alpha value is -0.940. The van der Waals surface area contributed by atoms with E-state index in [2.05, 4.69) is 0 Å². The van der Waals surface area contributed by atoms with E-state index < -0.39 is 11.6 Å². The van der Waals surface area contributed by atoms with Gasteiger partial charge in [-0.1, -0.05) is 6.92 Å². The third-order valence-corrected chi connectivity index (χ3v) is 4.14. The molecule has 15 heavy (non-hydrogen) atoms. The first-order chi connectivity index (χ1) is 7.05. The highest BCUT2D eigenvalue weighted by Crippen LogP contribution is 2.44. The molecule has 2 atom stereocenters. The maximum Gasteiger partial charge on any atom is 0.339 e. The molecular formula is C10H12O4S. The fourth-order valence-electron chi connectivity index (χ4n) is 1.84. The monoisotopic (exact) mass is 228 g/mol. The van der Waals surface area contributed by atoms with Gasteiger partial charge in [-0.15, -0.1) is 0 Å². The van der Waals surface area contributed by atoms with Crippen molar-refractivity contribution in [3.8, 4) is 0 Å². The quantitative estimate of drug-likeness (QED) is 0.806. The molecule has 0 aliphatic carbocycles. The van der Waals surface area contributed by atoms with E-state index >= 15 is 0 Å². The molecule has 0 aromatic carbocycles. The van der Waals surface area contributed by atoms with Crippen LogP contribution in [0, 0.1) is 0 Å². The summed E-state index contributed by atoms with van der Waals surface area (Å²) in [6, 6.07) is 1.38. The summed E-state index contributed by atoms with van der Waals surface area (Å²) >= 11 is 1.62. The van der Waals surface area contributed by atoms with Crippen LogP contribution in [0.1, 0.15) is 29.5 Å². The zero-order valence-corrected chi connectivity index (χ0v) is 9.08. The van der Waals surface area contributed by atoms with Crippen molar-refractivity contribution in [1.29, 1.82) is 0 Å². The lowest BCUT2D eigenvalue weighted by Gasteiger charge is -2.24. The smallest absolute Gasteiger partial charge is 0.339 e. The highest BCUT2D eigenvalue weighted by atomic mass is 32.2. The normalized spacial score (nSPS) is 30.7. The van der Waals surface area contributed by atoms with Crippen molar-refractivity contribution in [1.82, 2.24) is 0 Å². The summed E-state index contributed by atoms with van der Waals surface area (Å²) in [5.74, 6) is -0.0546. The first-order valence-electron chi connectivity index (χ1n) is 4.71. The molecule has 2 heterocycles. The number of aliphatic hydroxyl groups is 1. The minimum absolute atomic E-state index is 0.0400. The van der Waals surface area contributed by atoms with Crippen LogP contribution in [0.2, 0.25) is 0 Å². The predicted molar refractivity (Wildman–Crippen MR) is 56.1 cm³/mol. The van der Waals surface area contributed by atoms with E-state index in [-0.39, 0.29) is 16.6 Å². The van der Waals surface area contributed by atoms with Gasteiger partial charge in [0.2, 0.25) is 0 Å². The topological polar surface area (TPSA) is 70.7 Å². The Bertz CT molecular complexity index is 387. The van der Waals surface area contributed by atoms with Crippen LogP contribution in [0.5, 0.6) is 0 Å². The molecule has 1 saturated heterocycles. The Kier molecular flexibility index (Phi) is 2.52. The largest absolute Gasteiger partial charge is 0.478 e. The van der Waals surface area contributed by atoms with Crippen molar-refractivity contribution in [3.05, 3.63) is 23.7 Å². The molecule has 0 spiro atoms. The molecule has 1 aromatic rings. The van der Waals surface area contributed by atoms with Gasteiger partial charge < -0.3 is 14.6 Å². The van der Waals surface area contributed by atoms with Crippen molar-refractivity contribution in [2.24, 2.45) is 0 Å². The number of carboxylic acid groups (broad SMARTS) is 1. The Morgan fingerprint density at radius 1 is 1.73 bits per heavy atom. The lowest BCUT2D eigenvalue weighted by molar-refractivity contribution is 0.0181. The van der Waals surface area contributed by atoms with Crippen LogP contribution in [0.15, 0.2) is 16.7 Å². The van der Waals surface area contributed by atoms with Crippen LogP contribution < -0.4 is 0 Å². The van der Waals surface area contributed by atoms with Gasteiger partial charge in [-0.3, -0.25) is 0 Å². The summed E-state index contributed by atoms with van der Waals surface area (Å²) in [6.45, 7) is 1.88. The van der Waals surface area contributed by atoms with E-state index in [0.717, 1.165) is 5.75 Å². The van der Waals surface area contributed by atoms with Gasteiger partial charge in [-0.05, 0) is 18.2 Å². The van der Waals surface area contributed by atoms with Gasteiger partial charge >= 0.3 is 5.97 Å². The third kappa shape index (κ3) is 1.55. The molecular weight excluding hydrogens is 216 g/mol. The molecule has 0 amide bonds. The number of carbonyl (C=O) groups is 1. The molecule has 1 fully saturated rings. The number of thioether (sulfide) groups is 1. The van der Waals surface area contributed by atoms with Gasteiger partial charge in [0.1, 0.15) is 11.2 Å². The minimum Gasteiger partial charge on any atom is -0.478 e. The summed E-state index contributed by atoms with van der Waals surface area (Å²) in [4.78, 5) is 10.9. The van der Waals surface area contributed by atoms with Crippen LogP contribution in [-0.4, -0.2) is 27.2 Å². The number of carboxylic acids is 1. The zero-order valence-electron chi connectivity index (χ0n) is 8.27. The van der Waals surface area contributed by atoms with Crippen molar-refractivity contribution in [2.75, 3.05) is 5.75 Å². The molecule has 2 N–H and O–H groups in total. The maximum absolute atomic E-state index is 10.9. The number of aromatic carboxylic acids is 1. The van der Waals surface area contributed by atoms with E-state index in [9.17, 15) is 9.90 Å². The van der Waals surface area contributed by atoms with Gasteiger partial charge in [0.25, 0.3) is 0 Å². The first-order valence-corrected chi connectivity index (χ1v) is 5.76. The summed E-state index contributed by atoms with van der Waals surface area (Å²) in [7, 11) is 0. The number of furan rings is 1. The average Bonchev–Trinajstić information content (AvgIpc) is 2.75. The van der Waals surface area contributed by atoms with Crippen LogP contribution in [-0.2, 0) is 5.60 Å². The van der Waals surface area contributed by atoms with Crippen molar-refractivity contribution in [3.63, 3.8) is 0 Å². The molecule has 4 nitrogen and oxygen atoms in total. The fourth-order valence-corrected chi connectivity index (χ4v) is 3.13. The predicted octanol–water partition coefficient (Wildman–Crippen LogP) is 1.69. The second-order valence-electron chi connectivity index (χ2n) is 3.66. The lowest BCUT2D eigenvalue weighted by atomic mass is 9.92. The Labute approximate surface area is 91.3 Å². The first kappa shape index (κ1) is 10.6. The van der Waals surface area contributed by atoms with Crippen LogP contribution in [0.4, 0.5) is 0 Å². The third-order valence-electron chi connectivity index (χ3n) is 2.81. The Balaban J connectivity index is 2.44. The van der Waals surface area contributed by atoms with Gasteiger partial charge in [-0.25, -0.2) is 4.79 Å². The molecule has 1 aromatic heterocycles. The van der Waals surface area contributed by atoms with Gasteiger partial charge in [0, 0.05) is 5.25 Å². The van der Waals surface area contributed by atoms with Gasteiger partial charge in [0.05, 0.1) is 6.26 Å². The number of hydrogen-bond acceptors (Lipinski definition) is 4. The average molecular weight is 228 g/mol. The van der Waals surface area contributed by atoms with E-state index in [1.54, 1.807) is 11.8 Å². The minimum atomic E-state index is -1.14. The van der Waals surface area contributed by atoms with Crippen molar-refractivity contribution >= 4 is 17.7 Å². The molecule has 0 bridgehead atoms. The van der Waals surface area contributed by atoms with E-state index in [4.69, 9.17) is 9.52 Å². The standard InChI is InChI=1S/C10H12O4S/c1-6-10(13,3-5-15-6)8-7(9(11)12)2-4-14-8/h2,4,6,13H,3,5H2,1H3,(H,11,12). The molecule has 1 aliphatic heterocycles. The Morgan fingerprint density at radius 2 is 2.47 bits per heavy atom. The SMILES string of the molecule is CC1SCCC1(O)c1occc1C(=O)O. The molecule has 1 aliphatic rings. The molecule has 82 valence electrons. The highest BCUT2D eigenvalue weighted by molar-refractivity contribution is 8.00. The Morgan fingerprint density at radius 3 is 3.00 bits per heavy atom. The van der Waals surface area contributed by atoms with Crippen molar-refractivity contribution in [2.45, 2.75) is 24.2 Å². The van der Waals surface area contributed by atoms with Crippen LogP contribution in [0.25, 0.3) is 0 Å². The van der Waals surface area contributed by atoms with Crippen LogP contribution in [0.3, 0.4) is 0 Å². The summed E-state index contributed by atoms with van der Waals surface area (Å²) in [6.07, 6.45) is 1.85. The molecule has 0 saturated carbocycles. The second-order valence-corrected chi connectivity index (χ2v) is 5.10. The fraction of sp³-hybridized carbons (Fsp3) is 0.500. The van der Waals surface area contributed by atoms with E-state index in [1.807, 2.05) is 6.92 Å². The summed E-state index contributed by atoms with van der Waals surface area (Å²) in [5, 5.41) is 19.3. The summed E-state index contributed by atoms with van der Waals surface area (Å²) in [5.41, 5.74) is -1.08. The second kappa shape index (κ2) is 3.57. The molecule has 2 unspecified atom stereocenters. The maximum atomic E-state index is 10.9. The van der Waals surface area contributed by atoms with Crippen molar-refractivity contribution < 1.29 is 19.4 Å². The lowest BCUT2D eigenvalue weighted by Crippen LogP contribution is -2.32. The van der Waals surface area contributed by atoms with Crippen LogP contribution >= 0.6 is 11.8 Å². The zero-order chi connectivity index (χ0) is 11.1. The van der Waals surface area contributed by atoms with E-state index in [1.165, 1.54) is 12.3 Å². The molecule has 5 heteroatoms. The summed E-state index contributed by atoms with van der Waals surface area (Å²) < 4.78 is 5.14. The number of hydrogen-bond donors (Lipinski definition) is 2. The van der Waals surface area contributed by atoms with E-state index in [0.29, 0.717) is 6.42 Å². The molecule has 0 radical (unpaired) electrons. The number of rotatable bonds is 2. The van der Waals surface area contributed by atoms with Gasteiger partial charge in [0.15, 0.2) is 5.76 Å².